The SMILES string of the molecule is CCCCC/C=C\C/C=C\CCCCCCCCC(CCCCCCCC/C=C\C/C=C\CCCCC)N1CCCCC1. The Balaban J connectivity index is 2.02. The first-order chi connectivity index (χ1) is 21.4. The van der Waals surface area contributed by atoms with Gasteiger partial charge in [0, 0.05) is 6.04 Å². The molecule has 1 heteroatoms. The van der Waals surface area contributed by atoms with E-state index in [-0.39, 0.29) is 0 Å². The van der Waals surface area contributed by atoms with Gasteiger partial charge >= 0.3 is 0 Å². The zero-order valence-corrected chi connectivity index (χ0v) is 29.6. The van der Waals surface area contributed by atoms with E-state index in [9.17, 15) is 0 Å². The Morgan fingerprint density at radius 3 is 1.14 bits per heavy atom. The normalized spacial score (nSPS) is 15.0. The first-order valence-electron chi connectivity index (χ1n) is 19.7. The highest BCUT2D eigenvalue weighted by atomic mass is 15.2. The van der Waals surface area contributed by atoms with Gasteiger partial charge in [0.1, 0.15) is 0 Å². The van der Waals surface area contributed by atoms with Crippen molar-refractivity contribution in [3.05, 3.63) is 48.6 Å². The van der Waals surface area contributed by atoms with Crippen molar-refractivity contribution >= 4 is 0 Å². The maximum absolute atomic E-state index is 2.88. The molecule has 0 aromatic carbocycles. The molecule has 1 heterocycles. The summed E-state index contributed by atoms with van der Waals surface area (Å²) in [6, 6.07) is 0.872. The second-order valence-corrected chi connectivity index (χ2v) is 13.5. The van der Waals surface area contributed by atoms with E-state index >= 15 is 0 Å². The van der Waals surface area contributed by atoms with Gasteiger partial charge in [0.25, 0.3) is 0 Å². The van der Waals surface area contributed by atoms with Crippen molar-refractivity contribution in [2.24, 2.45) is 0 Å². The molecule has 0 N–H and O–H groups in total. The van der Waals surface area contributed by atoms with Gasteiger partial charge in [0.2, 0.25) is 0 Å². The van der Waals surface area contributed by atoms with Crippen LogP contribution in [-0.2, 0) is 0 Å². The largest absolute Gasteiger partial charge is 0.300 e. The third kappa shape index (κ3) is 28.2. The summed E-state index contributed by atoms with van der Waals surface area (Å²) in [5.74, 6) is 0. The Morgan fingerprint density at radius 2 is 0.744 bits per heavy atom. The number of piperidine rings is 1. The molecule has 0 aromatic heterocycles. The smallest absolute Gasteiger partial charge is 0.00952 e. The molecule has 250 valence electrons. The molecule has 0 unspecified atom stereocenters. The minimum Gasteiger partial charge on any atom is -0.300 e. The van der Waals surface area contributed by atoms with Crippen LogP contribution >= 0.6 is 0 Å². The van der Waals surface area contributed by atoms with Crippen molar-refractivity contribution in [2.75, 3.05) is 13.1 Å². The van der Waals surface area contributed by atoms with Gasteiger partial charge in [-0.15, -0.1) is 0 Å². The van der Waals surface area contributed by atoms with E-state index in [1.165, 1.54) is 186 Å². The van der Waals surface area contributed by atoms with Crippen LogP contribution in [0.25, 0.3) is 0 Å². The van der Waals surface area contributed by atoms with Gasteiger partial charge in [-0.05, 0) is 103 Å². The lowest BCUT2D eigenvalue weighted by Gasteiger charge is -2.35. The van der Waals surface area contributed by atoms with Crippen LogP contribution in [0.1, 0.15) is 200 Å². The number of nitrogens with zero attached hydrogens (tertiary/aromatic N) is 1. The van der Waals surface area contributed by atoms with Crippen LogP contribution < -0.4 is 0 Å². The summed E-state index contributed by atoms with van der Waals surface area (Å²) in [6.07, 6.45) is 58.8. The highest BCUT2D eigenvalue weighted by Gasteiger charge is 2.19. The summed E-state index contributed by atoms with van der Waals surface area (Å²) in [7, 11) is 0. The quantitative estimate of drug-likeness (QED) is 0.0569. The predicted octanol–water partition coefficient (Wildman–Crippen LogP) is 14.2. The minimum atomic E-state index is 0.872. The molecule has 1 fully saturated rings. The van der Waals surface area contributed by atoms with Crippen molar-refractivity contribution in [2.45, 2.75) is 206 Å². The summed E-state index contributed by atoms with van der Waals surface area (Å²) in [4.78, 5) is 2.88. The lowest BCUT2D eigenvalue weighted by Crippen LogP contribution is -2.39. The Morgan fingerprint density at radius 1 is 0.395 bits per heavy atom. The third-order valence-electron chi connectivity index (χ3n) is 9.38. The average molecular weight is 596 g/mol. The molecule has 0 amide bonds. The van der Waals surface area contributed by atoms with E-state index in [1.54, 1.807) is 0 Å². The Hall–Kier alpha value is -1.08. The van der Waals surface area contributed by atoms with Crippen molar-refractivity contribution in [3.63, 3.8) is 0 Å². The summed E-state index contributed by atoms with van der Waals surface area (Å²) < 4.78 is 0. The van der Waals surface area contributed by atoms with E-state index in [0.29, 0.717) is 0 Å². The average Bonchev–Trinajstić information content (AvgIpc) is 3.03. The standard InChI is InChI=1S/C42H77N/c1-3-5-7-9-11-13-15-17-19-21-23-25-27-29-31-34-38-42(43-40-36-33-37-41-43)39-35-32-30-28-26-24-22-20-18-16-14-12-10-8-6-4-2/h11-14,17-20,42H,3-10,15-16,21-41H2,1-2H3/b13-11-,14-12-,19-17-,20-18-. The van der Waals surface area contributed by atoms with Crippen LogP contribution in [0.3, 0.4) is 0 Å². The fourth-order valence-corrected chi connectivity index (χ4v) is 6.53. The molecule has 0 radical (unpaired) electrons. The van der Waals surface area contributed by atoms with Crippen molar-refractivity contribution in [1.29, 1.82) is 0 Å². The van der Waals surface area contributed by atoms with Crippen LogP contribution in [0.2, 0.25) is 0 Å². The van der Waals surface area contributed by atoms with Crippen molar-refractivity contribution in [3.8, 4) is 0 Å². The van der Waals surface area contributed by atoms with Gasteiger partial charge in [-0.1, -0.05) is 159 Å². The topological polar surface area (TPSA) is 3.24 Å². The molecule has 0 spiro atoms. The summed E-state index contributed by atoms with van der Waals surface area (Å²) in [5, 5.41) is 0. The number of likely N-dealkylation sites (tertiary alicyclic amines) is 1. The van der Waals surface area contributed by atoms with Crippen LogP contribution in [0, 0.1) is 0 Å². The van der Waals surface area contributed by atoms with E-state index in [1.807, 2.05) is 0 Å². The molecular formula is C42H77N. The molecule has 0 atom stereocenters. The predicted molar refractivity (Wildman–Crippen MR) is 197 cm³/mol. The second-order valence-electron chi connectivity index (χ2n) is 13.5. The first kappa shape index (κ1) is 39.9. The maximum atomic E-state index is 2.88. The molecule has 0 aliphatic carbocycles. The molecule has 1 saturated heterocycles. The molecule has 1 rings (SSSR count). The molecular weight excluding hydrogens is 518 g/mol. The number of rotatable bonds is 31. The fraction of sp³-hybridized carbons (Fsp3) is 0.810. The number of hydrogen-bond acceptors (Lipinski definition) is 1. The monoisotopic (exact) mass is 596 g/mol. The highest BCUT2D eigenvalue weighted by Crippen LogP contribution is 2.22. The van der Waals surface area contributed by atoms with Gasteiger partial charge in [-0.3, -0.25) is 0 Å². The van der Waals surface area contributed by atoms with Crippen LogP contribution in [0.5, 0.6) is 0 Å². The number of allylic oxidation sites excluding steroid dienone is 8. The van der Waals surface area contributed by atoms with Crippen molar-refractivity contribution in [1.82, 2.24) is 4.90 Å². The lowest BCUT2D eigenvalue weighted by atomic mass is 9.97. The number of unbranched alkanes of at least 4 members (excludes halogenated alkanes) is 18. The molecule has 0 bridgehead atoms. The molecule has 1 aliphatic heterocycles. The van der Waals surface area contributed by atoms with Gasteiger partial charge in [0.15, 0.2) is 0 Å². The third-order valence-corrected chi connectivity index (χ3v) is 9.38. The molecule has 1 nitrogen and oxygen atoms in total. The van der Waals surface area contributed by atoms with E-state index in [4.69, 9.17) is 0 Å². The van der Waals surface area contributed by atoms with Crippen LogP contribution in [0.15, 0.2) is 48.6 Å². The van der Waals surface area contributed by atoms with Gasteiger partial charge in [-0.25, -0.2) is 0 Å². The van der Waals surface area contributed by atoms with Crippen LogP contribution in [0.4, 0.5) is 0 Å². The Labute approximate surface area is 272 Å². The maximum Gasteiger partial charge on any atom is 0.00952 e. The van der Waals surface area contributed by atoms with E-state index < -0.39 is 0 Å². The van der Waals surface area contributed by atoms with Gasteiger partial charge in [-0.2, -0.15) is 0 Å². The Kier molecular flexibility index (Phi) is 31.4. The van der Waals surface area contributed by atoms with Crippen molar-refractivity contribution < 1.29 is 0 Å². The second kappa shape index (κ2) is 33.8. The number of hydrogen-bond donors (Lipinski definition) is 0. The van der Waals surface area contributed by atoms with E-state index in [0.717, 1.165) is 18.9 Å². The molecule has 0 saturated carbocycles. The lowest BCUT2D eigenvalue weighted by molar-refractivity contribution is 0.142. The summed E-state index contributed by atoms with van der Waals surface area (Å²) in [5.41, 5.74) is 0. The molecule has 43 heavy (non-hydrogen) atoms. The first-order valence-corrected chi connectivity index (χ1v) is 19.7. The van der Waals surface area contributed by atoms with E-state index in [2.05, 4.69) is 67.4 Å². The zero-order chi connectivity index (χ0) is 30.7. The molecule has 1 aliphatic rings. The van der Waals surface area contributed by atoms with Gasteiger partial charge in [0.05, 0.1) is 0 Å². The summed E-state index contributed by atoms with van der Waals surface area (Å²) in [6.45, 7) is 7.29. The summed E-state index contributed by atoms with van der Waals surface area (Å²) >= 11 is 0. The van der Waals surface area contributed by atoms with Crippen LogP contribution in [-0.4, -0.2) is 24.0 Å². The van der Waals surface area contributed by atoms with Gasteiger partial charge < -0.3 is 4.90 Å². The highest BCUT2D eigenvalue weighted by molar-refractivity contribution is 4.93. The fourth-order valence-electron chi connectivity index (χ4n) is 6.53. The zero-order valence-electron chi connectivity index (χ0n) is 29.6. The minimum absolute atomic E-state index is 0.872. The Bertz CT molecular complexity index is 602. The molecule has 0 aromatic rings.